The van der Waals surface area contributed by atoms with E-state index in [9.17, 15) is 4.79 Å². The molecule has 0 radical (unpaired) electrons. The van der Waals surface area contributed by atoms with Gasteiger partial charge >= 0.3 is 0 Å². The predicted molar refractivity (Wildman–Crippen MR) is 90.5 cm³/mol. The molecule has 0 saturated heterocycles. The smallest absolute Gasteiger partial charge is 0.136 e. The van der Waals surface area contributed by atoms with Gasteiger partial charge < -0.3 is 21.2 Å². The number of nitrogens with two attached hydrogens (primary N) is 1. The normalized spacial score (nSPS) is 13.0. The van der Waals surface area contributed by atoms with E-state index in [4.69, 9.17) is 5.73 Å². The number of benzene rings is 1. The van der Waals surface area contributed by atoms with Crippen LogP contribution in [0.15, 0.2) is 30.3 Å². The van der Waals surface area contributed by atoms with Crippen molar-refractivity contribution in [2.75, 3.05) is 20.6 Å². The first-order valence-electron chi connectivity index (χ1n) is 7.71. The highest BCUT2D eigenvalue weighted by Gasteiger charge is 2.01. The van der Waals surface area contributed by atoms with Gasteiger partial charge in [0.2, 0.25) is 0 Å². The lowest BCUT2D eigenvalue weighted by Crippen LogP contribution is -2.26. The van der Waals surface area contributed by atoms with Crippen molar-refractivity contribution in [3.63, 3.8) is 0 Å². The van der Waals surface area contributed by atoms with E-state index in [2.05, 4.69) is 41.8 Å². The predicted octanol–water partition coefficient (Wildman–Crippen LogP) is 1.74. The molecule has 0 aliphatic heterocycles. The average Bonchev–Trinajstić information content (AvgIpc) is 2.53. The maximum absolute atomic E-state index is 10.2. The summed E-state index contributed by atoms with van der Waals surface area (Å²) in [5, 5.41) is 6.12. The number of nitrogens with one attached hydrogen (secondary N) is 2. The monoisotopic (exact) mass is 293 g/mol. The van der Waals surface area contributed by atoms with Crippen LogP contribution in [0.4, 0.5) is 0 Å². The summed E-state index contributed by atoms with van der Waals surface area (Å²) in [6, 6.07) is 11.1. The van der Waals surface area contributed by atoms with Gasteiger partial charge in [-0.15, -0.1) is 0 Å². The van der Waals surface area contributed by atoms with Crippen molar-refractivity contribution >= 4 is 6.29 Å². The fourth-order valence-electron chi connectivity index (χ4n) is 1.86. The second kappa shape index (κ2) is 13.7. The molecule has 2 atom stereocenters. The number of carbonyl (C=O) groups is 1. The van der Waals surface area contributed by atoms with Gasteiger partial charge in [0.25, 0.3) is 0 Å². The first-order valence-corrected chi connectivity index (χ1v) is 7.71. The van der Waals surface area contributed by atoms with Crippen molar-refractivity contribution in [2.45, 2.75) is 44.7 Å². The molecule has 0 saturated carbocycles. The van der Waals surface area contributed by atoms with Crippen molar-refractivity contribution in [3.8, 4) is 0 Å². The molecule has 0 aliphatic rings. The molecule has 0 amide bonds. The van der Waals surface area contributed by atoms with Crippen LogP contribution in [0.2, 0.25) is 0 Å². The first kappa shape index (κ1) is 19.8. The van der Waals surface area contributed by atoms with Crippen molar-refractivity contribution in [2.24, 2.45) is 5.73 Å². The van der Waals surface area contributed by atoms with Gasteiger partial charge in [-0.2, -0.15) is 0 Å². The Morgan fingerprint density at radius 2 is 1.81 bits per heavy atom. The van der Waals surface area contributed by atoms with E-state index in [1.807, 2.05) is 13.1 Å². The Bertz CT molecular complexity index is 343. The molecule has 0 spiro atoms. The Balaban J connectivity index is 0.000000384. The maximum atomic E-state index is 10.2. The molecule has 1 rings (SSSR count). The molecule has 0 heterocycles. The number of likely N-dealkylation sites (N-methyl/N-ethyl adjacent to an activating group) is 2. The van der Waals surface area contributed by atoms with E-state index < -0.39 is 0 Å². The zero-order valence-electron chi connectivity index (χ0n) is 13.6. The summed E-state index contributed by atoms with van der Waals surface area (Å²) >= 11 is 0. The van der Waals surface area contributed by atoms with E-state index in [-0.39, 0.29) is 6.04 Å². The lowest BCUT2D eigenvalue weighted by Gasteiger charge is -2.08. The lowest BCUT2D eigenvalue weighted by atomic mass is 10.1. The SMILES string of the molecule is CNC(C)Cc1ccccc1.CNC(C=O)CCCCN. The van der Waals surface area contributed by atoms with E-state index in [0.29, 0.717) is 6.04 Å². The summed E-state index contributed by atoms with van der Waals surface area (Å²) in [5.41, 5.74) is 6.69. The molecule has 120 valence electrons. The Labute approximate surface area is 129 Å². The molecule has 21 heavy (non-hydrogen) atoms. The zero-order chi connectivity index (χ0) is 15.9. The average molecular weight is 293 g/mol. The highest BCUT2D eigenvalue weighted by atomic mass is 16.1. The molecular weight excluding hydrogens is 262 g/mol. The van der Waals surface area contributed by atoms with Gasteiger partial charge in [0.1, 0.15) is 6.29 Å². The Morgan fingerprint density at radius 3 is 2.29 bits per heavy atom. The molecule has 0 aromatic heterocycles. The number of carbonyl (C=O) groups excluding carboxylic acids is 1. The summed E-state index contributed by atoms with van der Waals surface area (Å²) in [5.74, 6) is 0. The van der Waals surface area contributed by atoms with Crippen molar-refractivity contribution in [1.82, 2.24) is 10.6 Å². The summed E-state index contributed by atoms with van der Waals surface area (Å²) in [6.07, 6.45) is 4.98. The molecule has 4 heteroatoms. The summed E-state index contributed by atoms with van der Waals surface area (Å²) < 4.78 is 0. The molecule has 0 bridgehead atoms. The summed E-state index contributed by atoms with van der Waals surface area (Å²) in [4.78, 5) is 10.2. The van der Waals surface area contributed by atoms with Crippen LogP contribution in [0.25, 0.3) is 0 Å². The van der Waals surface area contributed by atoms with E-state index >= 15 is 0 Å². The quantitative estimate of drug-likeness (QED) is 0.479. The van der Waals surface area contributed by atoms with Crippen molar-refractivity contribution in [3.05, 3.63) is 35.9 Å². The molecule has 0 fully saturated rings. The first-order chi connectivity index (χ1) is 10.2. The van der Waals surface area contributed by atoms with Crippen LogP contribution in [0.1, 0.15) is 31.7 Å². The van der Waals surface area contributed by atoms with Crippen LogP contribution >= 0.6 is 0 Å². The standard InChI is InChI=1S/C10H15N.C7H16N2O/c1-9(11-2)8-10-6-4-3-5-7-10;1-9-7(6-10)4-2-3-5-8/h3-7,9,11H,8H2,1-2H3;6-7,9H,2-5,8H2,1H3. The van der Waals surface area contributed by atoms with E-state index in [1.54, 1.807) is 7.05 Å². The van der Waals surface area contributed by atoms with Crippen LogP contribution in [-0.4, -0.2) is 39.0 Å². The second-order valence-corrected chi connectivity index (χ2v) is 5.20. The van der Waals surface area contributed by atoms with Crippen LogP contribution in [0.5, 0.6) is 0 Å². The minimum atomic E-state index is 0.0200. The Morgan fingerprint density at radius 1 is 1.14 bits per heavy atom. The van der Waals surface area contributed by atoms with Crippen molar-refractivity contribution in [1.29, 1.82) is 0 Å². The van der Waals surface area contributed by atoms with Crippen LogP contribution in [0.3, 0.4) is 0 Å². The van der Waals surface area contributed by atoms with Gasteiger partial charge in [-0.05, 0) is 52.4 Å². The third-order valence-electron chi connectivity index (χ3n) is 3.38. The number of hydrogen-bond acceptors (Lipinski definition) is 4. The fraction of sp³-hybridized carbons (Fsp3) is 0.588. The molecule has 4 nitrogen and oxygen atoms in total. The molecular formula is C17H31N3O. The van der Waals surface area contributed by atoms with Gasteiger partial charge in [0.05, 0.1) is 6.04 Å². The van der Waals surface area contributed by atoms with Gasteiger partial charge in [0, 0.05) is 6.04 Å². The molecule has 4 N–H and O–H groups in total. The molecule has 0 aliphatic carbocycles. The Kier molecular flexibility index (Phi) is 12.9. The lowest BCUT2D eigenvalue weighted by molar-refractivity contribution is -0.109. The van der Waals surface area contributed by atoms with E-state index in [0.717, 1.165) is 38.5 Å². The second-order valence-electron chi connectivity index (χ2n) is 5.20. The summed E-state index contributed by atoms with van der Waals surface area (Å²) in [7, 11) is 3.79. The topological polar surface area (TPSA) is 67.1 Å². The maximum Gasteiger partial charge on any atom is 0.136 e. The number of aldehydes is 1. The molecule has 1 aromatic rings. The van der Waals surface area contributed by atoms with Crippen molar-refractivity contribution < 1.29 is 4.79 Å². The van der Waals surface area contributed by atoms with Gasteiger partial charge in [-0.25, -0.2) is 0 Å². The Hall–Kier alpha value is -1.23. The van der Waals surface area contributed by atoms with Gasteiger partial charge in [-0.1, -0.05) is 36.8 Å². The number of unbranched alkanes of at least 4 members (excludes halogenated alkanes) is 1. The van der Waals surface area contributed by atoms with E-state index in [1.165, 1.54) is 5.56 Å². The molecule has 1 aromatic carbocycles. The number of hydrogen-bond donors (Lipinski definition) is 3. The highest BCUT2D eigenvalue weighted by molar-refractivity contribution is 5.57. The minimum absolute atomic E-state index is 0.0200. The minimum Gasteiger partial charge on any atom is -0.330 e. The summed E-state index contributed by atoms with van der Waals surface area (Å²) in [6.45, 7) is 2.91. The fourth-order valence-corrected chi connectivity index (χ4v) is 1.86. The molecule has 2 unspecified atom stereocenters. The van der Waals surface area contributed by atoms with Crippen LogP contribution in [-0.2, 0) is 11.2 Å². The van der Waals surface area contributed by atoms with Gasteiger partial charge in [-0.3, -0.25) is 0 Å². The largest absolute Gasteiger partial charge is 0.330 e. The van der Waals surface area contributed by atoms with Gasteiger partial charge in [0.15, 0.2) is 0 Å². The van der Waals surface area contributed by atoms with Crippen LogP contribution in [0, 0.1) is 0 Å². The third-order valence-corrected chi connectivity index (χ3v) is 3.38. The van der Waals surface area contributed by atoms with Crippen LogP contribution < -0.4 is 16.4 Å². The third kappa shape index (κ3) is 11.1. The zero-order valence-corrected chi connectivity index (χ0v) is 13.6. The number of rotatable bonds is 9. The highest BCUT2D eigenvalue weighted by Crippen LogP contribution is 2.01.